The van der Waals surface area contributed by atoms with Gasteiger partial charge in [0, 0.05) is 47.0 Å². The highest BCUT2D eigenvalue weighted by atomic mass is 35.5. The van der Waals surface area contributed by atoms with Gasteiger partial charge < -0.3 is 9.88 Å². The first-order chi connectivity index (χ1) is 17.9. The second-order valence-corrected chi connectivity index (χ2v) is 9.55. The summed E-state index contributed by atoms with van der Waals surface area (Å²) >= 11 is 6.27. The molecule has 5 heteroatoms. The summed E-state index contributed by atoms with van der Waals surface area (Å²) in [5.74, 6) is 2.70. The Kier molecular flexibility index (Phi) is 6.43. The molecule has 1 atom stereocenters. The molecular formula is C32H26ClN3O. The zero-order valence-electron chi connectivity index (χ0n) is 20.9. The first-order valence-corrected chi connectivity index (χ1v) is 12.3. The van der Waals surface area contributed by atoms with Crippen LogP contribution < -0.4 is 10.9 Å². The molecule has 0 saturated carbocycles. The van der Waals surface area contributed by atoms with Crippen molar-refractivity contribution in [2.45, 2.75) is 12.5 Å². The van der Waals surface area contributed by atoms with Gasteiger partial charge in [-0.1, -0.05) is 47.9 Å². The molecule has 0 unspecified atom stereocenters. The third-order valence-electron chi connectivity index (χ3n) is 7.12. The van der Waals surface area contributed by atoms with E-state index >= 15 is 0 Å². The average Bonchev–Trinajstić information content (AvgIpc) is 2.93. The van der Waals surface area contributed by atoms with Crippen LogP contribution in [0.25, 0.3) is 22.0 Å². The summed E-state index contributed by atoms with van der Waals surface area (Å²) in [6.07, 6.45) is 9.38. The van der Waals surface area contributed by atoms with E-state index in [-0.39, 0.29) is 5.56 Å². The van der Waals surface area contributed by atoms with Crippen LogP contribution in [0.2, 0.25) is 5.02 Å². The van der Waals surface area contributed by atoms with Gasteiger partial charge in [0.15, 0.2) is 0 Å². The first-order valence-electron chi connectivity index (χ1n) is 12.0. The molecule has 0 aliphatic rings. The number of nitrogens with one attached hydrogen (secondary N) is 1. The van der Waals surface area contributed by atoms with Crippen LogP contribution in [-0.4, -0.2) is 16.6 Å². The standard InChI is InChI=1S/C32H26ClN3O/c1-5-22-7-6-8-23(17-22)27-19-31(37)36(4)30-14-11-25(18-28(27)30)32(34-3,24-9-12-26(33)13-10-24)29-20-35-16-15-21(29)2/h1,6-20,34H,2-4H3/t32-/m1/s1. The SMILES string of the molecule is C#Cc1cccc(-c2cc(=O)n(C)c3ccc([C@](NC)(c4ccc(Cl)cc4)c4cnccc4C)cc23)c1. The number of benzene rings is 3. The van der Waals surface area contributed by atoms with Gasteiger partial charge in [-0.3, -0.25) is 9.78 Å². The molecule has 2 aromatic heterocycles. The van der Waals surface area contributed by atoms with Crippen molar-refractivity contribution in [1.82, 2.24) is 14.9 Å². The number of halogens is 1. The second-order valence-electron chi connectivity index (χ2n) is 9.11. The van der Waals surface area contributed by atoms with Crippen molar-refractivity contribution < 1.29 is 0 Å². The van der Waals surface area contributed by atoms with Crippen molar-refractivity contribution in [1.29, 1.82) is 0 Å². The first kappa shape index (κ1) is 24.5. The van der Waals surface area contributed by atoms with Gasteiger partial charge >= 0.3 is 0 Å². The van der Waals surface area contributed by atoms with Crippen molar-refractivity contribution >= 4 is 22.5 Å². The molecule has 0 aliphatic heterocycles. The summed E-state index contributed by atoms with van der Waals surface area (Å²) in [6, 6.07) is 25.5. The average molecular weight is 504 g/mol. The number of aromatic nitrogens is 2. The van der Waals surface area contributed by atoms with E-state index in [1.54, 1.807) is 23.9 Å². The molecule has 5 aromatic rings. The number of aryl methyl sites for hydroxylation is 2. The molecule has 0 radical (unpaired) electrons. The third kappa shape index (κ3) is 4.13. The number of nitrogens with zero attached hydrogens (tertiary/aromatic N) is 2. The molecule has 0 bridgehead atoms. The predicted octanol–water partition coefficient (Wildman–Crippen LogP) is 6.05. The Balaban J connectivity index is 1.88. The zero-order chi connectivity index (χ0) is 26.2. The topological polar surface area (TPSA) is 46.9 Å². The molecule has 2 heterocycles. The van der Waals surface area contributed by atoms with Crippen LogP contribution >= 0.6 is 11.6 Å². The maximum absolute atomic E-state index is 12.9. The molecular weight excluding hydrogens is 478 g/mol. The summed E-state index contributed by atoms with van der Waals surface area (Å²) in [6.45, 7) is 2.08. The van der Waals surface area contributed by atoms with Gasteiger partial charge in [-0.05, 0) is 84.3 Å². The lowest BCUT2D eigenvalue weighted by molar-refractivity contribution is 0.521. The minimum atomic E-state index is -0.718. The van der Waals surface area contributed by atoms with E-state index in [0.29, 0.717) is 5.02 Å². The number of hydrogen-bond acceptors (Lipinski definition) is 3. The molecule has 37 heavy (non-hydrogen) atoms. The summed E-state index contributed by atoms with van der Waals surface area (Å²) in [5, 5.41) is 5.23. The van der Waals surface area contributed by atoms with E-state index in [2.05, 4.69) is 35.3 Å². The quantitative estimate of drug-likeness (QED) is 0.297. The van der Waals surface area contributed by atoms with Gasteiger partial charge in [0.1, 0.15) is 0 Å². The molecule has 4 nitrogen and oxygen atoms in total. The van der Waals surface area contributed by atoms with E-state index in [0.717, 1.165) is 49.8 Å². The summed E-state index contributed by atoms with van der Waals surface area (Å²) in [7, 11) is 3.74. The van der Waals surface area contributed by atoms with Crippen LogP contribution in [-0.2, 0) is 12.6 Å². The van der Waals surface area contributed by atoms with Crippen molar-refractivity contribution in [3.8, 4) is 23.5 Å². The molecule has 3 aromatic carbocycles. The largest absolute Gasteiger partial charge is 0.311 e. The van der Waals surface area contributed by atoms with Gasteiger partial charge in [-0.2, -0.15) is 0 Å². The summed E-state index contributed by atoms with van der Waals surface area (Å²) in [5.41, 5.74) is 6.69. The molecule has 1 N–H and O–H groups in total. The summed E-state index contributed by atoms with van der Waals surface area (Å²) < 4.78 is 1.67. The Bertz CT molecular complexity index is 1730. The van der Waals surface area contributed by atoms with Gasteiger partial charge in [0.2, 0.25) is 0 Å². The predicted molar refractivity (Wildman–Crippen MR) is 152 cm³/mol. The van der Waals surface area contributed by atoms with Crippen LogP contribution in [0, 0.1) is 19.3 Å². The van der Waals surface area contributed by atoms with E-state index in [9.17, 15) is 4.79 Å². The maximum Gasteiger partial charge on any atom is 0.251 e. The number of fused-ring (bicyclic) bond motifs is 1. The lowest BCUT2D eigenvalue weighted by Gasteiger charge is -2.37. The highest BCUT2D eigenvalue weighted by molar-refractivity contribution is 6.30. The lowest BCUT2D eigenvalue weighted by atomic mass is 9.75. The molecule has 5 rings (SSSR count). The number of pyridine rings is 2. The molecule has 182 valence electrons. The lowest BCUT2D eigenvalue weighted by Crippen LogP contribution is -2.43. The van der Waals surface area contributed by atoms with Gasteiger partial charge in [0.25, 0.3) is 5.56 Å². The van der Waals surface area contributed by atoms with Crippen molar-refractivity contribution in [3.05, 3.63) is 134 Å². The fourth-order valence-corrected chi connectivity index (χ4v) is 5.29. The molecule has 0 fully saturated rings. The van der Waals surface area contributed by atoms with Crippen molar-refractivity contribution in [3.63, 3.8) is 0 Å². The van der Waals surface area contributed by atoms with Crippen LogP contribution in [0.1, 0.15) is 27.8 Å². The Morgan fingerprint density at radius 3 is 2.46 bits per heavy atom. The zero-order valence-corrected chi connectivity index (χ0v) is 21.7. The summed E-state index contributed by atoms with van der Waals surface area (Å²) in [4.78, 5) is 17.4. The van der Waals surface area contributed by atoms with E-state index < -0.39 is 5.54 Å². The highest BCUT2D eigenvalue weighted by Crippen LogP contribution is 2.40. The van der Waals surface area contributed by atoms with Crippen molar-refractivity contribution in [2.75, 3.05) is 7.05 Å². The van der Waals surface area contributed by atoms with Crippen LogP contribution in [0.15, 0.2) is 96.1 Å². The van der Waals surface area contributed by atoms with Crippen LogP contribution in [0.4, 0.5) is 0 Å². The number of terminal acetylenes is 1. The van der Waals surface area contributed by atoms with Crippen molar-refractivity contribution in [2.24, 2.45) is 7.05 Å². The van der Waals surface area contributed by atoms with E-state index in [1.807, 2.05) is 73.9 Å². The fraction of sp³-hybridized carbons (Fsp3) is 0.125. The minimum Gasteiger partial charge on any atom is -0.311 e. The number of hydrogen-bond donors (Lipinski definition) is 1. The molecule has 0 spiro atoms. The maximum atomic E-state index is 12.9. The smallest absolute Gasteiger partial charge is 0.251 e. The Hall–Kier alpha value is -4.17. The molecule has 0 amide bonds. The molecule has 0 saturated heterocycles. The second kappa shape index (κ2) is 9.71. The Labute approximate surface area is 221 Å². The van der Waals surface area contributed by atoms with Gasteiger partial charge in [-0.15, -0.1) is 6.42 Å². The molecule has 0 aliphatic carbocycles. The number of rotatable bonds is 5. The Morgan fingerprint density at radius 1 is 1.00 bits per heavy atom. The van der Waals surface area contributed by atoms with E-state index in [1.165, 1.54) is 0 Å². The minimum absolute atomic E-state index is 0.0814. The third-order valence-corrected chi connectivity index (χ3v) is 7.37. The van der Waals surface area contributed by atoms with Gasteiger partial charge in [-0.25, -0.2) is 0 Å². The Morgan fingerprint density at radius 2 is 1.76 bits per heavy atom. The highest BCUT2D eigenvalue weighted by Gasteiger charge is 2.36. The van der Waals surface area contributed by atoms with Gasteiger partial charge in [0.05, 0.1) is 11.1 Å². The normalized spacial score (nSPS) is 12.7. The van der Waals surface area contributed by atoms with Crippen LogP contribution in [0.3, 0.4) is 0 Å². The fourth-order valence-electron chi connectivity index (χ4n) is 5.17. The monoisotopic (exact) mass is 503 g/mol. The van der Waals surface area contributed by atoms with E-state index in [4.69, 9.17) is 18.0 Å². The van der Waals surface area contributed by atoms with Crippen LogP contribution in [0.5, 0.6) is 0 Å².